The van der Waals surface area contributed by atoms with Crippen LogP contribution in [0.4, 0.5) is 18.9 Å². The first-order valence-corrected chi connectivity index (χ1v) is 11.9. The van der Waals surface area contributed by atoms with Gasteiger partial charge >= 0.3 is 0 Å². The van der Waals surface area contributed by atoms with E-state index < -0.39 is 48.5 Å². The molecule has 0 radical (unpaired) electrons. The Bertz CT molecular complexity index is 1470. The number of halogens is 4. The summed E-state index contributed by atoms with van der Waals surface area (Å²) < 4.78 is 42.6. The first-order valence-electron chi connectivity index (χ1n) is 11.6. The minimum absolute atomic E-state index is 0.0273. The van der Waals surface area contributed by atoms with Gasteiger partial charge < -0.3 is 5.32 Å². The highest BCUT2D eigenvalue weighted by Crippen LogP contribution is 2.39. The molecule has 0 bridgehead atoms. The molecule has 5 rings (SSSR count). The van der Waals surface area contributed by atoms with E-state index in [1.165, 1.54) is 53.6 Å². The topological polar surface area (TPSA) is 93.0 Å². The Morgan fingerprint density at radius 2 is 1.76 bits per heavy atom. The zero-order valence-corrected chi connectivity index (χ0v) is 20.4. The monoisotopic (exact) mass is 540 g/mol. The summed E-state index contributed by atoms with van der Waals surface area (Å²) in [6.45, 7) is 0. The fraction of sp³-hybridized carbons (Fsp3) is 0.192. The third-order valence-electron chi connectivity index (χ3n) is 6.05. The Balaban J connectivity index is 1.63. The second-order valence-corrected chi connectivity index (χ2v) is 9.13. The van der Waals surface area contributed by atoms with Crippen LogP contribution in [0.1, 0.15) is 34.9 Å². The van der Waals surface area contributed by atoms with E-state index in [-0.39, 0.29) is 27.9 Å². The Labute approximate surface area is 220 Å². The molecule has 194 valence electrons. The van der Waals surface area contributed by atoms with Crippen LogP contribution in [0.3, 0.4) is 0 Å². The quantitative estimate of drug-likeness (QED) is 0.365. The largest absolute Gasteiger partial charge is 0.351 e. The highest BCUT2D eigenvalue weighted by atomic mass is 35.5. The van der Waals surface area contributed by atoms with Crippen LogP contribution >= 0.6 is 11.6 Å². The number of carbonyl (C=O) groups excluding carboxylic acids is 2. The summed E-state index contributed by atoms with van der Waals surface area (Å²) >= 11 is 6.46. The molecule has 1 unspecified atom stereocenters. The highest BCUT2D eigenvalue weighted by molar-refractivity contribution is 6.31. The summed E-state index contributed by atoms with van der Waals surface area (Å²) in [5, 5.41) is 6.89. The van der Waals surface area contributed by atoms with Crippen molar-refractivity contribution < 1.29 is 22.8 Å². The van der Waals surface area contributed by atoms with Crippen molar-refractivity contribution in [3.8, 4) is 5.95 Å². The van der Waals surface area contributed by atoms with Gasteiger partial charge in [0.05, 0.1) is 6.20 Å². The molecule has 4 aromatic rings. The Kier molecular flexibility index (Phi) is 6.85. The molecule has 12 heteroatoms. The van der Waals surface area contributed by atoms with Crippen molar-refractivity contribution in [2.75, 3.05) is 4.90 Å². The number of carbonyl (C=O) groups is 2. The van der Waals surface area contributed by atoms with Crippen molar-refractivity contribution in [1.82, 2.24) is 25.1 Å². The second-order valence-electron chi connectivity index (χ2n) is 8.73. The van der Waals surface area contributed by atoms with Crippen molar-refractivity contribution in [2.45, 2.75) is 30.8 Å². The lowest BCUT2D eigenvalue weighted by Crippen LogP contribution is -2.54. The van der Waals surface area contributed by atoms with Crippen LogP contribution in [0.2, 0.25) is 5.02 Å². The van der Waals surface area contributed by atoms with Gasteiger partial charge in [-0.2, -0.15) is 9.78 Å². The first-order chi connectivity index (χ1) is 18.2. The maximum Gasteiger partial charge on any atom is 0.278 e. The predicted octanol–water partition coefficient (Wildman–Crippen LogP) is 4.76. The van der Waals surface area contributed by atoms with Gasteiger partial charge in [-0.3, -0.25) is 14.5 Å². The first kappa shape index (κ1) is 25.4. The van der Waals surface area contributed by atoms with E-state index >= 15 is 0 Å². The number of hydrogen-bond donors (Lipinski definition) is 1. The molecule has 0 spiro atoms. The Morgan fingerprint density at radius 3 is 2.45 bits per heavy atom. The van der Waals surface area contributed by atoms with Crippen LogP contribution in [0.25, 0.3) is 5.95 Å². The minimum atomic E-state index is -2.88. The molecule has 2 aromatic carbocycles. The van der Waals surface area contributed by atoms with Crippen LogP contribution in [-0.4, -0.2) is 43.5 Å². The van der Waals surface area contributed by atoms with Gasteiger partial charge in [-0.25, -0.2) is 23.1 Å². The van der Waals surface area contributed by atoms with Crippen molar-refractivity contribution in [3.63, 3.8) is 0 Å². The summed E-state index contributed by atoms with van der Waals surface area (Å²) in [6.07, 6.45) is 3.24. The minimum Gasteiger partial charge on any atom is -0.351 e. The van der Waals surface area contributed by atoms with Crippen LogP contribution in [0.15, 0.2) is 79.3 Å². The van der Waals surface area contributed by atoms with Gasteiger partial charge in [0.25, 0.3) is 17.8 Å². The van der Waals surface area contributed by atoms with Gasteiger partial charge in [-0.05, 0) is 36.4 Å². The van der Waals surface area contributed by atoms with Gasteiger partial charge in [0.2, 0.25) is 5.91 Å². The normalized spacial score (nSPS) is 15.4. The summed E-state index contributed by atoms with van der Waals surface area (Å²) in [5.74, 6) is -4.94. The van der Waals surface area contributed by atoms with E-state index in [0.717, 1.165) is 11.0 Å². The summed E-state index contributed by atoms with van der Waals surface area (Å²) in [6, 6.07) is 12.2. The lowest BCUT2D eigenvalue weighted by atomic mass is 9.87. The second kappa shape index (κ2) is 10.3. The van der Waals surface area contributed by atoms with Gasteiger partial charge in [-0.15, -0.1) is 0 Å². The zero-order chi connectivity index (χ0) is 26.9. The van der Waals surface area contributed by atoms with Gasteiger partial charge in [0.1, 0.15) is 17.6 Å². The number of hydrogen-bond acceptors (Lipinski definition) is 5. The van der Waals surface area contributed by atoms with Crippen molar-refractivity contribution >= 4 is 29.1 Å². The fourth-order valence-electron chi connectivity index (χ4n) is 4.30. The summed E-state index contributed by atoms with van der Waals surface area (Å²) in [5.41, 5.74) is 0.230. The smallest absolute Gasteiger partial charge is 0.278 e. The molecular formula is C26H20ClF3N6O2. The van der Waals surface area contributed by atoms with E-state index in [0.29, 0.717) is 0 Å². The third kappa shape index (κ3) is 5.10. The van der Waals surface area contributed by atoms with Crippen molar-refractivity contribution in [3.05, 3.63) is 101 Å². The molecule has 1 fully saturated rings. The van der Waals surface area contributed by atoms with E-state index in [1.807, 2.05) is 0 Å². The molecule has 1 aliphatic carbocycles. The molecule has 0 saturated heterocycles. The van der Waals surface area contributed by atoms with Gasteiger partial charge in [0.15, 0.2) is 0 Å². The average molecular weight is 541 g/mol. The molecule has 1 N–H and O–H groups in total. The Morgan fingerprint density at radius 1 is 1.03 bits per heavy atom. The summed E-state index contributed by atoms with van der Waals surface area (Å²) in [7, 11) is 0. The molecule has 1 aliphatic rings. The van der Waals surface area contributed by atoms with Crippen LogP contribution in [-0.2, 0) is 4.79 Å². The van der Waals surface area contributed by atoms with E-state index in [2.05, 4.69) is 20.4 Å². The van der Waals surface area contributed by atoms with Gasteiger partial charge in [0, 0.05) is 47.6 Å². The number of alkyl halides is 2. The number of benzene rings is 2. The molecule has 2 heterocycles. The van der Waals surface area contributed by atoms with E-state index in [9.17, 15) is 22.8 Å². The average Bonchev–Trinajstić information content (AvgIpc) is 3.37. The third-order valence-corrected chi connectivity index (χ3v) is 6.40. The van der Waals surface area contributed by atoms with Gasteiger partial charge in [-0.1, -0.05) is 35.9 Å². The van der Waals surface area contributed by atoms with Crippen LogP contribution < -0.4 is 10.2 Å². The number of nitrogens with zero attached hydrogens (tertiary/aromatic N) is 5. The van der Waals surface area contributed by atoms with Crippen LogP contribution in [0, 0.1) is 5.82 Å². The number of amides is 2. The number of nitrogens with one attached hydrogen (secondary N) is 1. The highest BCUT2D eigenvalue weighted by Gasteiger charge is 2.47. The van der Waals surface area contributed by atoms with Crippen molar-refractivity contribution in [1.29, 1.82) is 0 Å². The summed E-state index contributed by atoms with van der Waals surface area (Å²) in [4.78, 5) is 37.2. The lowest BCUT2D eigenvalue weighted by Gasteiger charge is -2.38. The van der Waals surface area contributed by atoms with Crippen LogP contribution in [0.5, 0.6) is 0 Å². The molecular weight excluding hydrogens is 521 g/mol. The Hall–Kier alpha value is -4.25. The SMILES string of the molecule is O=C(NC1CC(F)(F)C1)C(c1ccccc1Cl)N(C(=O)c1ccnn1-c1ncccn1)c1cccc(F)c1. The van der Waals surface area contributed by atoms with Crippen molar-refractivity contribution in [2.24, 2.45) is 0 Å². The number of aromatic nitrogens is 4. The zero-order valence-electron chi connectivity index (χ0n) is 19.6. The standard InChI is InChI=1S/C26H20ClF3N6O2/c27-20-8-2-1-7-19(20)22(23(37)34-17-14-26(29,30)15-17)35(18-6-3-5-16(28)13-18)24(38)21-9-12-33-36(21)25-31-10-4-11-32-25/h1-13,17,22H,14-15H2,(H,34,37). The van der Waals surface area contributed by atoms with E-state index in [4.69, 9.17) is 11.6 Å². The molecule has 0 aliphatic heterocycles. The maximum atomic E-state index is 14.4. The molecule has 1 saturated carbocycles. The number of rotatable bonds is 7. The molecule has 2 amide bonds. The predicted molar refractivity (Wildman–Crippen MR) is 133 cm³/mol. The molecule has 2 aromatic heterocycles. The molecule has 1 atom stereocenters. The maximum absolute atomic E-state index is 14.4. The molecule has 8 nitrogen and oxygen atoms in total. The lowest BCUT2D eigenvalue weighted by molar-refractivity contribution is -0.130. The molecule has 38 heavy (non-hydrogen) atoms. The number of anilines is 1. The van der Waals surface area contributed by atoms with E-state index in [1.54, 1.807) is 24.3 Å². The fourth-order valence-corrected chi connectivity index (χ4v) is 4.54.